The Kier molecular flexibility index (Phi) is 4.27. The second-order valence-corrected chi connectivity index (χ2v) is 6.26. The molecule has 3 heteroatoms. The van der Waals surface area contributed by atoms with E-state index >= 15 is 0 Å². The Bertz CT molecular complexity index is 331. The van der Waals surface area contributed by atoms with Gasteiger partial charge >= 0.3 is 0 Å². The van der Waals surface area contributed by atoms with E-state index in [0.29, 0.717) is 11.8 Å². The van der Waals surface area contributed by atoms with Crippen molar-refractivity contribution in [3.63, 3.8) is 0 Å². The molecule has 0 spiro atoms. The van der Waals surface area contributed by atoms with Crippen molar-refractivity contribution < 1.29 is 4.79 Å². The Morgan fingerprint density at radius 3 is 2.44 bits per heavy atom. The van der Waals surface area contributed by atoms with E-state index in [4.69, 9.17) is 5.26 Å². The molecule has 0 aromatic heterocycles. The number of nitriles is 1. The standard InChI is InChI=1S/C15H24N2O/c1-15(12-16)7-9-17(10-8-15)14(18)11-13-5-3-2-4-6-13/h13H,2-11H2,1H3. The second-order valence-electron chi connectivity index (χ2n) is 6.26. The summed E-state index contributed by atoms with van der Waals surface area (Å²) in [5.74, 6) is 0.942. The highest BCUT2D eigenvalue weighted by molar-refractivity contribution is 5.76. The number of nitrogens with zero attached hydrogens (tertiary/aromatic N) is 2. The summed E-state index contributed by atoms with van der Waals surface area (Å²) in [5, 5.41) is 9.08. The highest BCUT2D eigenvalue weighted by Crippen LogP contribution is 2.31. The maximum Gasteiger partial charge on any atom is 0.222 e. The number of hydrogen-bond donors (Lipinski definition) is 0. The number of amides is 1. The molecule has 1 saturated heterocycles. The van der Waals surface area contributed by atoms with Crippen LogP contribution in [0.3, 0.4) is 0 Å². The topological polar surface area (TPSA) is 44.1 Å². The van der Waals surface area contributed by atoms with Crippen molar-refractivity contribution in [1.29, 1.82) is 5.26 Å². The van der Waals surface area contributed by atoms with Gasteiger partial charge in [0.15, 0.2) is 0 Å². The lowest BCUT2D eigenvalue weighted by Gasteiger charge is -2.36. The van der Waals surface area contributed by atoms with Gasteiger partial charge in [-0.05, 0) is 38.5 Å². The van der Waals surface area contributed by atoms with Gasteiger partial charge in [-0.15, -0.1) is 0 Å². The fourth-order valence-electron chi connectivity index (χ4n) is 3.13. The summed E-state index contributed by atoms with van der Waals surface area (Å²) >= 11 is 0. The molecule has 18 heavy (non-hydrogen) atoms. The van der Waals surface area contributed by atoms with E-state index in [1.54, 1.807) is 0 Å². The number of piperidine rings is 1. The lowest BCUT2D eigenvalue weighted by Crippen LogP contribution is -2.42. The van der Waals surface area contributed by atoms with Crippen LogP contribution in [-0.4, -0.2) is 23.9 Å². The van der Waals surface area contributed by atoms with Crippen molar-refractivity contribution in [2.45, 2.75) is 58.3 Å². The Hall–Kier alpha value is -1.04. The third-order valence-electron chi connectivity index (χ3n) is 4.68. The van der Waals surface area contributed by atoms with Crippen molar-refractivity contribution in [1.82, 2.24) is 4.90 Å². The summed E-state index contributed by atoms with van der Waals surface area (Å²) in [6.45, 7) is 3.56. The predicted molar refractivity (Wildman–Crippen MR) is 70.7 cm³/mol. The maximum atomic E-state index is 12.2. The minimum atomic E-state index is -0.207. The van der Waals surface area contributed by atoms with Crippen LogP contribution in [-0.2, 0) is 4.79 Å². The molecule has 1 aliphatic carbocycles. The van der Waals surface area contributed by atoms with Gasteiger partial charge in [0.05, 0.1) is 11.5 Å². The van der Waals surface area contributed by atoms with Gasteiger partial charge in [0, 0.05) is 19.5 Å². The van der Waals surface area contributed by atoms with Crippen LogP contribution in [0, 0.1) is 22.7 Å². The Morgan fingerprint density at radius 2 is 1.89 bits per heavy atom. The molecule has 0 aromatic carbocycles. The summed E-state index contributed by atoms with van der Waals surface area (Å²) in [6, 6.07) is 2.38. The molecule has 1 saturated carbocycles. The van der Waals surface area contributed by atoms with Crippen LogP contribution in [0.4, 0.5) is 0 Å². The Labute approximate surface area is 110 Å². The number of rotatable bonds is 2. The molecule has 1 amide bonds. The van der Waals surface area contributed by atoms with E-state index in [-0.39, 0.29) is 5.41 Å². The molecule has 0 atom stereocenters. The zero-order chi connectivity index (χ0) is 13.0. The summed E-state index contributed by atoms with van der Waals surface area (Å²) < 4.78 is 0. The van der Waals surface area contributed by atoms with E-state index in [1.165, 1.54) is 32.1 Å². The highest BCUT2D eigenvalue weighted by Gasteiger charge is 2.32. The van der Waals surface area contributed by atoms with Crippen LogP contribution >= 0.6 is 0 Å². The van der Waals surface area contributed by atoms with Gasteiger partial charge in [0.2, 0.25) is 5.91 Å². The van der Waals surface area contributed by atoms with E-state index in [9.17, 15) is 4.79 Å². The molecule has 2 rings (SSSR count). The number of carbonyl (C=O) groups is 1. The van der Waals surface area contributed by atoms with Gasteiger partial charge in [-0.25, -0.2) is 0 Å². The first-order valence-corrected chi connectivity index (χ1v) is 7.32. The van der Waals surface area contributed by atoms with Crippen molar-refractivity contribution in [3.8, 4) is 6.07 Å². The quantitative estimate of drug-likeness (QED) is 0.753. The molecule has 1 aliphatic heterocycles. The van der Waals surface area contributed by atoms with E-state index < -0.39 is 0 Å². The molecule has 0 unspecified atom stereocenters. The van der Waals surface area contributed by atoms with Crippen LogP contribution in [0.15, 0.2) is 0 Å². The molecular weight excluding hydrogens is 224 g/mol. The van der Waals surface area contributed by atoms with Gasteiger partial charge in [0.25, 0.3) is 0 Å². The third-order valence-corrected chi connectivity index (χ3v) is 4.68. The molecule has 0 aromatic rings. The van der Waals surface area contributed by atoms with Crippen molar-refractivity contribution >= 4 is 5.91 Å². The van der Waals surface area contributed by atoms with Crippen molar-refractivity contribution in [3.05, 3.63) is 0 Å². The molecule has 2 aliphatic rings. The van der Waals surface area contributed by atoms with Gasteiger partial charge in [-0.2, -0.15) is 5.26 Å². The third kappa shape index (κ3) is 3.25. The molecule has 1 heterocycles. The number of carbonyl (C=O) groups excluding carboxylic acids is 1. The number of likely N-dealkylation sites (tertiary alicyclic amines) is 1. The van der Waals surface area contributed by atoms with Gasteiger partial charge < -0.3 is 4.90 Å². The van der Waals surface area contributed by atoms with Gasteiger partial charge in [0.1, 0.15) is 0 Å². The normalized spacial score (nSPS) is 24.6. The van der Waals surface area contributed by atoms with Gasteiger partial charge in [-0.1, -0.05) is 19.3 Å². The van der Waals surface area contributed by atoms with Crippen LogP contribution in [0.5, 0.6) is 0 Å². The van der Waals surface area contributed by atoms with Crippen molar-refractivity contribution in [2.75, 3.05) is 13.1 Å². The highest BCUT2D eigenvalue weighted by atomic mass is 16.2. The average Bonchev–Trinajstić information content (AvgIpc) is 2.40. The molecular formula is C15H24N2O. The lowest BCUT2D eigenvalue weighted by atomic mass is 9.81. The first kappa shape index (κ1) is 13.4. The minimum Gasteiger partial charge on any atom is -0.343 e. The molecule has 100 valence electrons. The van der Waals surface area contributed by atoms with Gasteiger partial charge in [-0.3, -0.25) is 4.79 Å². The number of hydrogen-bond acceptors (Lipinski definition) is 2. The Morgan fingerprint density at radius 1 is 1.28 bits per heavy atom. The largest absolute Gasteiger partial charge is 0.343 e. The first-order valence-electron chi connectivity index (χ1n) is 7.32. The van der Waals surface area contributed by atoms with Crippen LogP contribution in [0.2, 0.25) is 0 Å². The van der Waals surface area contributed by atoms with E-state index in [2.05, 4.69) is 6.07 Å². The lowest BCUT2D eigenvalue weighted by molar-refractivity contribution is -0.134. The SMILES string of the molecule is CC1(C#N)CCN(C(=O)CC2CCCCC2)CC1. The first-order chi connectivity index (χ1) is 8.63. The smallest absolute Gasteiger partial charge is 0.222 e. The van der Waals surface area contributed by atoms with E-state index in [1.807, 2.05) is 11.8 Å². The summed E-state index contributed by atoms with van der Waals surface area (Å²) in [5.41, 5.74) is -0.207. The molecule has 3 nitrogen and oxygen atoms in total. The minimum absolute atomic E-state index is 0.207. The summed E-state index contributed by atoms with van der Waals surface area (Å²) in [4.78, 5) is 14.2. The zero-order valence-corrected chi connectivity index (χ0v) is 11.5. The molecule has 2 fully saturated rings. The predicted octanol–water partition coefficient (Wildman–Crippen LogP) is 3.11. The van der Waals surface area contributed by atoms with Crippen LogP contribution < -0.4 is 0 Å². The summed E-state index contributed by atoms with van der Waals surface area (Å²) in [6.07, 6.45) is 8.80. The van der Waals surface area contributed by atoms with Crippen molar-refractivity contribution in [2.24, 2.45) is 11.3 Å². The van der Waals surface area contributed by atoms with Crippen LogP contribution in [0.25, 0.3) is 0 Å². The summed E-state index contributed by atoms with van der Waals surface area (Å²) in [7, 11) is 0. The Balaban J connectivity index is 1.79. The molecule has 0 radical (unpaired) electrons. The average molecular weight is 248 g/mol. The van der Waals surface area contributed by atoms with E-state index in [0.717, 1.165) is 32.4 Å². The monoisotopic (exact) mass is 248 g/mol. The fourth-order valence-corrected chi connectivity index (χ4v) is 3.13. The molecule has 0 bridgehead atoms. The molecule has 0 N–H and O–H groups in total. The fraction of sp³-hybridized carbons (Fsp3) is 0.867. The maximum absolute atomic E-state index is 12.2. The zero-order valence-electron chi connectivity index (χ0n) is 11.5. The van der Waals surface area contributed by atoms with Crippen LogP contribution in [0.1, 0.15) is 58.3 Å². The second kappa shape index (κ2) is 5.73.